The predicted molar refractivity (Wildman–Crippen MR) is 54.1 cm³/mol. The molecular formula is C8H6BrN2O3-. The van der Waals surface area contributed by atoms with Gasteiger partial charge in [-0.25, -0.2) is 0 Å². The van der Waals surface area contributed by atoms with Crippen LogP contribution in [0.4, 0.5) is 11.4 Å². The summed E-state index contributed by atoms with van der Waals surface area (Å²) in [5.41, 5.74) is 1.47. The highest BCUT2D eigenvalue weighted by molar-refractivity contribution is 9.10. The Morgan fingerprint density at radius 1 is 1.57 bits per heavy atom. The zero-order valence-electron chi connectivity index (χ0n) is 6.95. The lowest BCUT2D eigenvalue weighted by Crippen LogP contribution is -2.08. The smallest absolute Gasteiger partial charge is 0.228 e. The number of hydrogen-bond donors (Lipinski definition) is 2. The first-order chi connectivity index (χ1) is 6.59. The molecule has 0 saturated carbocycles. The number of fused-ring (bicyclic) bond motifs is 1. The van der Waals surface area contributed by atoms with Gasteiger partial charge in [-0.2, -0.15) is 0 Å². The van der Waals surface area contributed by atoms with Crippen molar-refractivity contribution in [1.82, 2.24) is 0 Å². The van der Waals surface area contributed by atoms with Gasteiger partial charge in [0.25, 0.3) is 0 Å². The first-order valence-electron chi connectivity index (χ1n) is 3.87. The molecule has 0 fully saturated rings. The van der Waals surface area contributed by atoms with E-state index < -0.39 is 0 Å². The number of carbonyl (C=O) groups is 1. The molecule has 1 aliphatic rings. The minimum atomic E-state index is -0.229. The van der Waals surface area contributed by atoms with Crippen molar-refractivity contribution in [2.45, 2.75) is 6.42 Å². The fraction of sp³-hybridized carbons (Fsp3) is 0.125. The molecule has 0 bridgehead atoms. The van der Waals surface area contributed by atoms with Gasteiger partial charge in [0.15, 0.2) is 0 Å². The first kappa shape index (κ1) is 9.45. The molecule has 0 atom stereocenters. The van der Waals surface area contributed by atoms with Gasteiger partial charge >= 0.3 is 0 Å². The minimum Gasteiger partial charge on any atom is -0.733 e. The Bertz CT molecular complexity index is 406. The van der Waals surface area contributed by atoms with Crippen LogP contribution in [-0.2, 0) is 11.2 Å². The van der Waals surface area contributed by atoms with Gasteiger partial charge in [0.05, 0.1) is 12.1 Å². The summed E-state index contributed by atoms with van der Waals surface area (Å²) >= 11 is 3.17. The molecule has 2 N–H and O–H groups in total. The largest absolute Gasteiger partial charge is 0.733 e. The molecule has 1 heterocycles. The Kier molecular flexibility index (Phi) is 2.18. The number of nitrogens with one attached hydrogen (secondary N) is 1. The van der Waals surface area contributed by atoms with Crippen molar-refractivity contribution in [2.75, 3.05) is 10.5 Å². The van der Waals surface area contributed by atoms with Crippen molar-refractivity contribution in [3.05, 3.63) is 27.4 Å². The highest BCUT2D eigenvalue weighted by Gasteiger charge is 2.21. The van der Waals surface area contributed by atoms with Gasteiger partial charge in [0.2, 0.25) is 5.91 Å². The predicted octanol–water partition coefficient (Wildman–Crippen LogP) is 1.64. The lowest BCUT2D eigenvalue weighted by atomic mass is 10.1. The van der Waals surface area contributed by atoms with Gasteiger partial charge < -0.3 is 15.8 Å². The maximum Gasteiger partial charge on any atom is 0.228 e. The van der Waals surface area contributed by atoms with Gasteiger partial charge in [-0.3, -0.25) is 10.0 Å². The zero-order chi connectivity index (χ0) is 10.3. The zero-order valence-corrected chi connectivity index (χ0v) is 8.54. The van der Waals surface area contributed by atoms with Gasteiger partial charge in [-0.15, -0.1) is 0 Å². The van der Waals surface area contributed by atoms with E-state index >= 15 is 0 Å². The number of halogens is 1. The quantitative estimate of drug-likeness (QED) is 0.751. The number of amides is 1. The molecule has 0 aromatic heterocycles. The molecule has 0 radical (unpaired) electrons. The molecule has 1 aromatic carbocycles. The van der Waals surface area contributed by atoms with Gasteiger partial charge in [0.1, 0.15) is 0 Å². The van der Waals surface area contributed by atoms with E-state index in [1.165, 1.54) is 6.07 Å². The number of anilines is 2. The molecular weight excluding hydrogens is 252 g/mol. The fourth-order valence-corrected chi connectivity index (χ4v) is 2.04. The summed E-state index contributed by atoms with van der Waals surface area (Å²) in [7, 11) is 0. The fourth-order valence-electron chi connectivity index (χ4n) is 1.40. The molecule has 0 spiro atoms. The normalized spacial score (nSPS) is 13.8. The second-order valence-electron chi connectivity index (χ2n) is 2.92. The number of rotatable bonds is 1. The maximum absolute atomic E-state index is 11.0. The van der Waals surface area contributed by atoms with Crippen molar-refractivity contribution >= 4 is 33.2 Å². The van der Waals surface area contributed by atoms with E-state index in [2.05, 4.69) is 21.2 Å². The van der Waals surface area contributed by atoms with Crippen LogP contribution >= 0.6 is 15.9 Å². The Morgan fingerprint density at radius 3 is 2.93 bits per heavy atom. The molecule has 0 saturated heterocycles. The van der Waals surface area contributed by atoms with Crippen LogP contribution in [0.2, 0.25) is 0 Å². The van der Waals surface area contributed by atoms with Crippen LogP contribution in [0.1, 0.15) is 5.56 Å². The molecule has 74 valence electrons. The van der Waals surface area contributed by atoms with Crippen LogP contribution in [0.5, 0.6) is 0 Å². The van der Waals surface area contributed by atoms with E-state index in [-0.39, 0.29) is 23.2 Å². The topological polar surface area (TPSA) is 75.6 Å². The highest BCUT2D eigenvalue weighted by Crippen LogP contribution is 2.36. The molecule has 0 aliphatic carbocycles. The summed E-state index contributed by atoms with van der Waals surface area (Å²) in [6.07, 6.45) is 0.220. The lowest BCUT2D eigenvalue weighted by Gasteiger charge is -2.23. The number of carbonyl (C=O) groups excluding carboxylic acids is 1. The average Bonchev–Trinajstić information content (AvgIpc) is 2.46. The summed E-state index contributed by atoms with van der Waals surface area (Å²) in [5, 5.41) is 21.8. The van der Waals surface area contributed by atoms with Crippen LogP contribution in [0.15, 0.2) is 16.6 Å². The Labute approximate surface area is 88.0 Å². The number of hydrogen-bond acceptors (Lipinski definition) is 4. The Hall–Kier alpha value is -1.11. The van der Waals surface area contributed by atoms with Gasteiger partial charge in [-0.05, 0) is 28.1 Å². The molecule has 2 rings (SSSR count). The van der Waals surface area contributed by atoms with E-state index in [4.69, 9.17) is 5.21 Å². The molecule has 14 heavy (non-hydrogen) atoms. The SMILES string of the molecule is O=C1Cc2c(ccc(N([O-])O)c2Br)N1. The lowest BCUT2D eigenvalue weighted by molar-refractivity contribution is -0.115. The monoisotopic (exact) mass is 257 g/mol. The first-order valence-corrected chi connectivity index (χ1v) is 4.66. The second kappa shape index (κ2) is 3.23. The third-order valence-corrected chi connectivity index (χ3v) is 2.93. The van der Waals surface area contributed by atoms with Crippen molar-refractivity contribution in [3.8, 4) is 0 Å². The molecule has 0 unspecified atom stereocenters. The van der Waals surface area contributed by atoms with Crippen LogP contribution in [0, 0.1) is 5.21 Å². The van der Waals surface area contributed by atoms with Crippen molar-refractivity contribution in [3.63, 3.8) is 0 Å². The summed E-state index contributed by atoms with van der Waals surface area (Å²) in [5.74, 6) is -0.117. The highest BCUT2D eigenvalue weighted by atomic mass is 79.9. The van der Waals surface area contributed by atoms with Crippen LogP contribution in [0.3, 0.4) is 0 Å². The molecule has 1 aromatic rings. The van der Waals surface area contributed by atoms with Crippen LogP contribution in [0.25, 0.3) is 0 Å². The third kappa shape index (κ3) is 1.37. The summed E-state index contributed by atoms with van der Waals surface area (Å²) in [4.78, 5) is 11.0. The molecule has 1 aliphatic heterocycles. The maximum atomic E-state index is 11.0. The van der Waals surface area contributed by atoms with E-state index in [1.54, 1.807) is 6.07 Å². The third-order valence-electron chi connectivity index (χ3n) is 2.04. The number of nitrogens with zero attached hydrogens (tertiary/aromatic N) is 1. The number of benzene rings is 1. The van der Waals surface area contributed by atoms with Gasteiger partial charge in [-0.1, -0.05) is 0 Å². The van der Waals surface area contributed by atoms with Crippen molar-refractivity contribution in [1.29, 1.82) is 0 Å². The van der Waals surface area contributed by atoms with Crippen molar-refractivity contribution in [2.24, 2.45) is 0 Å². The summed E-state index contributed by atoms with van der Waals surface area (Å²) in [6, 6.07) is 3.02. The van der Waals surface area contributed by atoms with Crippen LogP contribution < -0.4 is 10.5 Å². The van der Waals surface area contributed by atoms with E-state index in [1.807, 2.05) is 0 Å². The Morgan fingerprint density at radius 2 is 2.29 bits per heavy atom. The molecule has 6 heteroatoms. The van der Waals surface area contributed by atoms with E-state index in [9.17, 15) is 10.0 Å². The van der Waals surface area contributed by atoms with Crippen molar-refractivity contribution < 1.29 is 10.0 Å². The van der Waals surface area contributed by atoms with Gasteiger partial charge in [0, 0.05) is 15.7 Å². The van der Waals surface area contributed by atoms with E-state index in [0.717, 1.165) is 0 Å². The standard InChI is InChI=1S/C8H6BrN2O3/c9-8-4-3-7(12)10-5(4)1-2-6(8)11(13)14/h1-2,13H,3H2,(H,10,12)/q-1. The summed E-state index contributed by atoms with van der Waals surface area (Å²) < 4.78 is 0.450. The Balaban J connectivity index is 2.53. The second-order valence-corrected chi connectivity index (χ2v) is 3.72. The molecule has 1 amide bonds. The van der Waals surface area contributed by atoms with Crippen LogP contribution in [-0.4, -0.2) is 11.1 Å². The summed E-state index contributed by atoms with van der Waals surface area (Å²) in [6.45, 7) is 0. The van der Waals surface area contributed by atoms with E-state index in [0.29, 0.717) is 15.7 Å². The molecule has 5 nitrogen and oxygen atoms in total. The average molecular weight is 258 g/mol. The minimum absolute atomic E-state index is 0.0975.